The van der Waals surface area contributed by atoms with Crippen LogP contribution < -0.4 is 0 Å². The molecule has 2 heteroatoms. The second-order valence-electron chi connectivity index (χ2n) is 15.4. The molecule has 0 aromatic carbocycles. The maximum absolute atomic E-state index is 13.4. The van der Waals surface area contributed by atoms with Crippen LogP contribution in [0.4, 0.5) is 0 Å². The second-order valence-corrected chi connectivity index (χ2v) is 15.4. The lowest BCUT2D eigenvalue weighted by Gasteiger charge is -2.32. The Morgan fingerprint density at radius 1 is 0.532 bits per heavy atom. The molecule has 1 rings (SSSR count). The Hall–Kier alpha value is -1.15. The van der Waals surface area contributed by atoms with Crippen molar-refractivity contribution in [3.05, 3.63) is 36.5 Å². The number of ketones is 1. The first-order chi connectivity index (χ1) is 23.1. The standard InChI is InChI=1S/C45H83NO/c1-5-7-9-11-13-15-17-19-21-23-25-27-29-31-33-35-42(41-45(47)43-37-39-44(40-38-43)46(3)4)36-34-32-30-28-26-24-22-20-18-16-14-12-10-8-6-2/h11,13,17-20,42-44H,5-10,12,14-16,21-41H2,1-4H3/b13-11-,19-17-,20-18-. The normalized spacial score (nSPS) is 18.0. The number of carbonyl (C=O) groups is 1. The summed E-state index contributed by atoms with van der Waals surface area (Å²) >= 11 is 0. The Morgan fingerprint density at radius 2 is 0.936 bits per heavy atom. The van der Waals surface area contributed by atoms with Crippen LogP contribution in [-0.4, -0.2) is 30.8 Å². The second kappa shape index (κ2) is 33.4. The molecule has 1 aliphatic carbocycles. The van der Waals surface area contributed by atoms with Crippen molar-refractivity contribution in [1.82, 2.24) is 4.90 Å². The van der Waals surface area contributed by atoms with E-state index in [9.17, 15) is 4.79 Å². The van der Waals surface area contributed by atoms with E-state index in [4.69, 9.17) is 0 Å². The van der Waals surface area contributed by atoms with Gasteiger partial charge in [0.1, 0.15) is 5.78 Å². The van der Waals surface area contributed by atoms with Crippen LogP contribution >= 0.6 is 0 Å². The van der Waals surface area contributed by atoms with Gasteiger partial charge in [-0.1, -0.05) is 166 Å². The van der Waals surface area contributed by atoms with Crippen LogP contribution in [0.3, 0.4) is 0 Å². The molecule has 0 N–H and O–H groups in total. The molecule has 0 aliphatic heterocycles. The molecule has 0 amide bonds. The van der Waals surface area contributed by atoms with E-state index in [1.165, 1.54) is 173 Å². The number of allylic oxidation sites excluding steroid dienone is 6. The predicted octanol–water partition coefficient (Wildman–Crippen LogP) is 14.5. The van der Waals surface area contributed by atoms with Crippen LogP contribution in [0.5, 0.6) is 0 Å². The van der Waals surface area contributed by atoms with Crippen molar-refractivity contribution in [2.45, 2.75) is 219 Å². The summed E-state index contributed by atoms with van der Waals surface area (Å²) in [7, 11) is 4.40. The summed E-state index contributed by atoms with van der Waals surface area (Å²) in [6.07, 6.45) is 54.2. The molecule has 1 atom stereocenters. The van der Waals surface area contributed by atoms with Gasteiger partial charge in [0.15, 0.2) is 0 Å². The minimum absolute atomic E-state index is 0.343. The third kappa shape index (κ3) is 27.4. The molecule has 1 saturated carbocycles. The van der Waals surface area contributed by atoms with Gasteiger partial charge in [-0.15, -0.1) is 0 Å². The lowest BCUT2D eigenvalue weighted by atomic mass is 9.79. The van der Waals surface area contributed by atoms with Gasteiger partial charge in [0.05, 0.1) is 0 Å². The third-order valence-corrected chi connectivity index (χ3v) is 10.8. The summed E-state index contributed by atoms with van der Waals surface area (Å²) in [4.78, 5) is 15.7. The summed E-state index contributed by atoms with van der Waals surface area (Å²) in [5, 5.41) is 0. The van der Waals surface area contributed by atoms with Gasteiger partial charge in [-0.2, -0.15) is 0 Å². The predicted molar refractivity (Wildman–Crippen MR) is 211 cm³/mol. The molecular formula is C45H83NO. The molecule has 0 aromatic rings. The van der Waals surface area contributed by atoms with E-state index in [0.29, 0.717) is 23.7 Å². The SMILES string of the molecule is CCCC/C=C\C/C=C\CCCCCCCCC(CCCCCCCC/C=C\CCCCCCC)CC(=O)C1CCC(N(C)C)CC1. The van der Waals surface area contributed by atoms with Crippen LogP contribution in [0, 0.1) is 11.8 Å². The highest BCUT2D eigenvalue weighted by atomic mass is 16.1. The molecule has 0 bridgehead atoms. The lowest BCUT2D eigenvalue weighted by Crippen LogP contribution is -2.34. The van der Waals surface area contributed by atoms with Crippen molar-refractivity contribution in [2.24, 2.45) is 11.8 Å². The number of rotatable bonds is 33. The van der Waals surface area contributed by atoms with E-state index in [-0.39, 0.29) is 0 Å². The fourth-order valence-electron chi connectivity index (χ4n) is 7.45. The Balaban J connectivity index is 2.23. The Bertz CT molecular complexity index is 756. The highest BCUT2D eigenvalue weighted by Gasteiger charge is 2.28. The molecule has 1 unspecified atom stereocenters. The average molecular weight is 654 g/mol. The minimum Gasteiger partial charge on any atom is -0.306 e. The van der Waals surface area contributed by atoms with Gasteiger partial charge in [0, 0.05) is 18.4 Å². The highest BCUT2D eigenvalue weighted by molar-refractivity contribution is 5.81. The topological polar surface area (TPSA) is 20.3 Å². The zero-order valence-corrected chi connectivity index (χ0v) is 32.5. The van der Waals surface area contributed by atoms with Crippen molar-refractivity contribution in [1.29, 1.82) is 0 Å². The van der Waals surface area contributed by atoms with Crippen LogP contribution in [0.2, 0.25) is 0 Å². The smallest absolute Gasteiger partial charge is 0.136 e. The Morgan fingerprint density at radius 3 is 1.40 bits per heavy atom. The maximum Gasteiger partial charge on any atom is 0.136 e. The van der Waals surface area contributed by atoms with Crippen molar-refractivity contribution in [3.63, 3.8) is 0 Å². The average Bonchev–Trinajstić information content (AvgIpc) is 3.08. The van der Waals surface area contributed by atoms with Gasteiger partial charge < -0.3 is 4.90 Å². The van der Waals surface area contributed by atoms with Gasteiger partial charge in [-0.25, -0.2) is 0 Å². The Kier molecular flexibility index (Phi) is 31.1. The van der Waals surface area contributed by atoms with E-state index in [1.54, 1.807) is 0 Å². The fraction of sp³-hybridized carbons (Fsp3) is 0.844. The summed E-state index contributed by atoms with van der Waals surface area (Å²) < 4.78 is 0. The Labute approximate surface area is 296 Å². The number of hydrogen-bond acceptors (Lipinski definition) is 2. The first-order valence-electron chi connectivity index (χ1n) is 21.2. The van der Waals surface area contributed by atoms with Crippen molar-refractivity contribution in [2.75, 3.05) is 14.1 Å². The number of Topliss-reactive ketones (excluding diaryl/α,β-unsaturated/α-hetero) is 1. The van der Waals surface area contributed by atoms with Crippen LogP contribution in [0.15, 0.2) is 36.5 Å². The molecule has 0 radical (unpaired) electrons. The monoisotopic (exact) mass is 654 g/mol. The molecule has 0 spiro atoms. The van der Waals surface area contributed by atoms with E-state index in [2.05, 4.69) is 69.3 Å². The highest BCUT2D eigenvalue weighted by Crippen LogP contribution is 2.31. The molecule has 2 nitrogen and oxygen atoms in total. The van der Waals surface area contributed by atoms with Crippen molar-refractivity contribution >= 4 is 5.78 Å². The fourth-order valence-corrected chi connectivity index (χ4v) is 7.45. The molecule has 0 heterocycles. The first-order valence-corrected chi connectivity index (χ1v) is 21.2. The van der Waals surface area contributed by atoms with Crippen LogP contribution in [0.1, 0.15) is 213 Å². The molecule has 274 valence electrons. The maximum atomic E-state index is 13.4. The van der Waals surface area contributed by atoms with E-state index < -0.39 is 0 Å². The quantitative estimate of drug-likeness (QED) is 0.0519. The summed E-state index contributed by atoms with van der Waals surface area (Å²) in [6, 6.07) is 0.680. The third-order valence-electron chi connectivity index (χ3n) is 10.8. The summed E-state index contributed by atoms with van der Waals surface area (Å²) in [6.45, 7) is 4.55. The number of unbranched alkanes of at least 4 members (excludes halogenated alkanes) is 19. The van der Waals surface area contributed by atoms with Gasteiger partial charge in [0.2, 0.25) is 0 Å². The van der Waals surface area contributed by atoms with E-state index >= 15 is 0 Å². The van der Waals surface area contributed by atoms with Crippen LogP contribution in [0.25, 0.3) is 0 Å². The van der Waals surface area contributed by atoms with Gasteiger partial charge in [-0.05, 0) is 97.1 Å². The number of carbonyl (C=O) groups excluding carboxylic acids is 1. The van der Waals surface area contributed by atoms with E-state index in [1.807, 2.05) is 0 Å². The van der Waals surface area contributed by atoms with Gasteiger partial charge in [-0.3, -0.25) is 4.79 Å². The molecular weight excluding hydrogens is 571 g/mol. The summed E-state index contributed by atoms with van der Waals surface area (Å²) in [5.41, 5.74) is 0. The molecule has 1 aliphatic rings. The molecule has 47 heavy (non-hydrogen) atoms. The zero-order valence-electron chi connectivity index (χ0n) is 32.5. The van der Waals surface area contributed by atoms with Gasteiger partial charge in [0.25, 0.3) is 0 Å². The molecule has 0 saturated heterocycles. The lowest BCUT2D eigenvalue weighted by molar-refractivity contribution is -0.125. The number of hydrogen-bond donors (Lipinski definition) is 0. The molecule has 0 aromatic heterocycles. The van der Waals surface area contributed by atoms with Crippen molar-refractivity contribution in [3.8, 4) is 0 Å². The first kappa shape index (κ1) is 43.9. The van der Waals surface area contributed by atoms with Gasteiger partial charge >= 0.3 is 0 Å². The molecule has 1 fully saturated rings. The number of nitrogens with zero attached hydrogens (tertiary/aromatic N) is 1. The van der Waals surface area contributed by atoms with E-state index in [0.717, 1.165) is 25.7 Å². The van der Waals surface area contributed by atoms with Crippen LogP contribution in [-0.2, 0) is 4.79 Å². The largest absolute Gasteiger partial charge is 0.306 e. The zero-order chi connectivity index (χ0) is 34.0. The minimum atomic E-state index is 0.343. The van der Waals surface area contributed by atoms with Crippen molar-refractivity contribution < 1.29 is 4.79 Å². The summed E-state index contributed by atoms with van der Waals surface area (Å²) in [5.74, 6) is 1.57.